The number of hydrogen-bond donors (Lipinski definition) is 3. The van der Waals surface area contributed by atoms with Crippen molar-refractivity contribution in [1.29, 1.82) is 0 Å². The Kier molecular flexibility index (Phi) is 21.4. The summed E-state index contributed by atoms with van der Waals surface area (Å²) in [5.74, 6) is -3.25. The van der Waals surface area contributed by atoms with Gasteiger partial charge in [-0.25, -0.2) is 13.4 Å². The van der Waals surface area contributed by atoms with Crippen LogP contribution in [0.25, 0.3) is 42.3 Å². The number of fused-ring (bicyclic) bond motifs is 3. The molecule has 0 aliphatic carbocycles. The van der Waals surface area contributed by atoms with Gasteiger partial charge in [-0.3, -0.25) is 13.7 Å². The van der Waals surface area contributed by atoms with Gasteiger partial charge in [0, 0.05) is 21.7 Å². The predicted molar refractivity (Wildman–Crippen MR) is 263 cm³/mol. The smallest absolute Gasteiger partial charge is 0.871 e. The molecule has 0 fully saturated rings. The van der Waals surface area contributed by atoms with Crippen molar-refractivity contribution in [2.45, 2.75) is 26.5 Å². The summed E-state index contributed by atoms with van der Waals surface area (Å²) in [6.07, 6.45) is 0. The van der Waals surface area contributed by atoms with Crippen LogP contribution >= 0.6 is 11.3 Å². The minimum absolute atomic E-state index is 0. The largest absolute Gasteiger partial charge is 1.00 e. The van der Waals surface area contributed by atoms with E-state index in [4.69, 9.17) is 0 Å². The molecule has 0 spiro atoms. The Morgan fingerprint density at radius 2 is 1.01 bits per heavy atom. The minimum atomic E-state index is -5.43. The van der Waals surface area contributed by atoms with Gasteiger partial charge in [0.1, 0.15) is 20.0 Å². The van der Waals surface area contributed by atoms with E-state index in [1.54, 1.807) is 24.3 Å². The van der Waals surface area contributed by atoms with E-state index in [1.165, 1.54) is 23.5 Å². The van der Waals surface area contributed by atoms with Crippen molar-refractivity contribution in [1.82, 2.24) is 4.98 Å². The van der Waals surface area contributed by atoms with Crippen LogP contribution < -0.4 is 134 Å². The van der Waals surface area contributed by atoms with Crippen molar-refractivity contribution in [3.05, 3.63) is 133 Å². The van der Waals surface area contributed by atoms with Crippen molar-refractivity contribution in [3.8, 4) is 27.8 Å². The van der Waals surface area contributed by atoms with Gasteiger partial charge in [0.05, 0.1) is 70.4 Å². The predicted octanol–water partition coefficient (Wildman–Crippen LogP) is -1.88. The normalized spacial score (nSPS) is 12.3. The van der Waals surface area contributed by atoms with Crippen LogP contribution in [0.2, 0.25) is 0 Å². The second-order valence-electron chi connectivity index (χ2n) is 15.9. The molecule has 1 heterocycles. The van der Waals surface area contributed by atoms with Gasteiger partial charge in [0.15, 0.2) is 0 Å². The Labute approximate surface area is 540 Å². The summed E-state index contributed by atoms with van der Waals surface area (Å²) in [5, 5.41) is 71.4. The minimum Gasteiger partial charge on any atom is -0.871 e. The Morgan fingerprint density at radius 3 is 1.59 bits per heavy atom. The van der Waals surface area contributed by atoms with Gasteiger partial charge in [-0.05, 0) is 127 Å². The van der Waals surface area contributed by atoms with Gasteiger partial charge in [0.2, 0.25) is 0 Å². The molecule has 3 N–H and O–H groups in total. The van der Waals surface area contributed by atoms with Gasteiger partial charge in [-0.1, -0.05) is 35.4 Å². The number of azo groups is 4. The molecule has 9 rings (SSSR count). The summed E-state index contributed by atoms with van der Waals surface area (Å²) in [7, 11) is -20.2. The Bertz CT molecular complexity index is 4480. The van der Waals surface area contributed by atoms with Crippen molar-refractivity contribution in [2.24, 2.45) is 40.9 Å². The van der Waals surface area contributed by atoms with Crippen molar-refractivity contribution in [2.75, 3.05) is 0 Å². The van der Waals surface area contributed by atoms with E-state index in [1.807, 2.05) is 25.1 Å². The molecule has 1 aromatic heterocycles. The van der Waals surface area contributed by atoms with Crippen LogP contribution in [0.1, 0.15) is 5.56 Å². The van der Waals surface area contributed by atoms with Gasteiger partial charge < -0.3 is 19.9 Å². The standard InChI is InChI=1S/C46H31N9O15S5.4Na/c1-23-2-13-35-41(16-23)71-46(47-35)24-3-5-26(6-4-24)49-52-36-21-37(40(57)22-39(36)56)53-54-38-20-30(74(65,66)67)17-25-18-42(75(68,69)70)44(45(58)43(25)38)55-51-33-14-15-34(32-19-29(73(62,63)64)11-12-31(32)33)50-48-27-7-9-28(10-8-27)72(59,60)61;;;;/h2-22,56-58H,1H3,(H,59,60,61)(H,62,63,64)(H,65,66,67)(H,68,69,70);;;;/q;4*+1/p-4. The van der Waals surface area contributed by atoms with Crippen LogP contribution in [-0.4, -0.2) is 56.9 Å². The second kappa shape index (κ2) is 25.8. The molecule has 33 heteroatoms. The van der Waals surface area contributed by atoms with E-state index in [2.05, 4.69) is 45.9 Å². The molecule has 0 saturated carbocycles. The maximum Gasteiger partial charge on any atom is 1.00 e. The number of nitrogens with zero attached hydrogens (tertiary/aromatic N) is 9. The van der Waals surface area contributed by atoms with E-state index in [0.717, 1.165) is 74.9 Å². The van der Waals surface area contributed by atoms with Gasteiger partial charge >= 0.3 is 118 Å². The number of aryl methyl sites for hydroxylation is 1. The first-order valence-electron chi connectivity index (χ1n) is 20.8. The quantitative estimate of drug-likeness (QED) is 0.0646. The number of aromatic nitrogens is 1. The molecule has 0 aliphatic rings. The van der Waals surface area contributed by atoms with Crippen LogP contribution in [-0.2, 0) is 40.5 Å². The fourth-order valence-electron chi connectivity index (χ4n) is 7.21. The average molecular weight is 1200 g/mol. The first-order chi connectivity index (χ1) is 35.3. The molecule has 0 radical (unpaired) electrons. The van der Waals surface area contributed by atoms with E-state index in [0.29, 0.717) is 30.0 Å². The van der Waals surface area contributed by atoms with E-state index in [9.17, 15) is 67.2 Å². The van der Waals surface area contributed by atoms with Crippen LogP contribution in [0.4, 0.5) is 45.5 Å². The molecule has 9 aromatic rings. The fraction of sp³-hybridized carbons (Fsp3) is 0.0217. The summed E-state index contributed by atoms with van der Waals surface area (Å²) in [6.45, 7) is 1.98. The van der Waals surface area contributed by atoms with Crippen molar-refractivity contribution >= 4 is 129 Å². The maximum absolute atomic E-state index is 14.4. The molecule has 8 aromatic carbocycles. The van der Waals surface area contributed by atoms with Crippen molar-refractivity contribution < 1.29 is 185 Å². The van der Waals surface area contributed by atoms with Crippen molar-refractivity contribution in [3.63, 3.8) is 0 Å². The Balaban J connectivity index is 0.00000287. The summed E-state index contributed by atoms with van der Waals surface area (Å²) in [4.78, 5) is 1.31. The zero-order chi connectivity index (χ0) is 53.8. The third kappa shape index (κ3) is 15.0. The molecule has 79 heavy (non-hydrogen) atoms. The topological polar surface area (TPSA) is 401 Å². The Hall–Kier alpha value is -4.39. The first-order valence-corrected chi connectivity index (χ1v) is 27.4. The van der Waals surface area contributed by atoms with Crippen LogP contribution in [0, 0.1) is 6.92 Å². The third-order valence-corrected chi connectivity index (χ3v) is 15.3. The van der Waals surface area contributed by atoms with Crippen LogP contribution in [0.15, 0.2) is 188 Å². The molecule has 0 saturated heterocycles. The molecule has 0 bridgehead atoms. The third-order valence-electron chi connectivity index (χ3n) is 10.8. The molecular weight excluding hydrogens is 1170 g/mol. The van der Waals surface area contributed by atoms with E-state index >= 15 is 0 Å². The first kappa shape index (κ1) is 65.4. The zero-order valence-corrected chi connectivity index (χ0v) is 53.5. The molecule has 0 amide bonds. The van der Waals surface area contributed by atoms with Gasteiger partial charge in [0.25, 0.3) is 30.4 Å². The zero-order valence-electron chi connectivity index (χ0n) is 41.4. The summed E-state index contributed by atoms with van der Waals surface area (Å²) >= 11 is 1.50. The van der Waals surface area contributed by atoms with Gasteiger partial charge in [-0.2, -0.15) is 45.7 Å². The van der Waals surface area contributed by atoms with Crippen LogP contribution in [0.3, 0.4) is 0 Å². The van der Waals surface area contributed by atoms with Crippen LogP contribution in [0.5, 0.6) is 17.2 Å². The fourth-order valence-corrected chi connectivity index (χ4v) is 10.4. The number of thiazole rings is 1. The number of rotatable bonds is 13. The van der Waals surface area contributed by atoms with E-state index < -0.39 is 105 Å². The molecule has 0 atom stereocenters. The molecular formula is C46H27N9Na4O15S5. The number of benzene rings is 8. The molecule has 0 aliphatic heterocycles. The second-order valence-corrected chi connectivity index (χ2v) is 22.5. The maximum atomic E-state index is 14.4. The summed E-state index contributed by atoms with van der Waals surface area (Å²) in [6, 6.07) is 25.8. The molecule has 380 valence electrons. The summed E-state index contributed by atoms with van der Waals surface area (Å²) < 4.78 is 140. The summed E-state index contributed by atoms with van der Waals surface area (Å²) in [5.41, 5.74) is -0.00215. The Morgan fingerprint density at radius 1 is 0.481 bits per heavy atom. The average Bonchev–Trinajstić information content (AvgIpc) is 3.88. The molecule has 0 unspecified atom stereocenters. The number of hydrogen-bond acceptors (Lipinski definition) is 22. The molecule has 24 nitrogen and oxygen atoms in total. The SMILES string of the molecule is Cc1ccc2nc(-c3ccc(N=Nc4cc(N=Nc5cc(S(=O)(=O)O)cc6cc(S(=O)(=O)O)c(N=Nc7ccc(N=Nc8ccc(S(=O)(=O)[O-])cc8)c8cc(S(=O)(=O)O)ccc78)c([O-])c56)c([O-])cc4[O-])cc3)sc2c1.[Na+].[Na+].[Na+].[Na+]. The monoisotopic (exact) mass is 1200 g/mol. The van der Waals surface area contributed by atoms with Gasteiger partial charge in [-0.15, -0.1) is 31.8 Å². The van der Waals surface area contributed by atoms with E-state index in [-0.39, 0.29) is 152 Å².